The van der Waals surface area contributed by atoms with Gasteiger partial charge in [-0.3, -0.25) is 4.90 Å². The number of nitrogens with zero attached hydrogens (tertiary/aromatic N) is 1. The van der Waals surface area contributed by atoms with Gasteiger partial charge in [0.15, 0.2) is 0 Å². The van der Waals surface area contributed by atoms with Crippen molar-refractivity contribution in [3.05, 3.63) is 0 Å². The van der Waals surface area contributed by atoms with E-state index in [1.807, 2.05) is 0 Å². The fourth-order valence-corrected chi connectivity index (χ4v) is 2.35. The van der Waals surface area contributed by atoms with Crippen LogP contribution in [0.2, 0.25) is 0 Å². The molecule has 1 spiro atoms. The molecule has 3 nitrogen and oxygen atoms in total. The second-order valence-electron chi connectivity index (χ2n) is 4.13. The zero-order chi connectivity index (χ0) is 8.44. The van der Waals surface area contributed by atoms with Gasteiger partial charge in [-0.05, 0) is 19.3 Å². The second kappa shape index (κ2) is 3.32. The summed E-state index contributed by atoms with van der Waals surface area (Å²) in [6.45, 7) is 5.43. The van der Waals surface area contributed by atoms with Crippen molar-refractivity contribution >= 4 is 0 Å². The Morgan fingerprint density at radius 2 is 2.25 bits per heavy atom. The molecule has 3 heteroatoms. The van der Waals surface area contributed by atoms with Gasteiger partial charge in [0.05, 0.1) is 0 Å². The maximum absolute atomic E-state index is 5.55. The highest BCUT2D eigenvalue weighted by molar-refractivity contribution is 5.00. The largest absolute Gasteiger partial charge is 0.329 e. The van der Waals surface area contributed by atoms with Crippen LogP contribution < -0.4 is 11.1 Å². The normalized spacial score (nSPS) is 28.8. The first-order valence-electron chi connectivity index (χ1n) is 5.02. The van der Waals surface area contributed by atoms with Crippen LogP contribution in [0, 0.1) is 0 Å². The lowest BCUT2D eigenvalue weighted by atomic mass is 9.75. The Balaban J connectivity index is 1.85. The zero-order valence-electron chi connectivity index (χ0n) is 7.68. The fourth-order valence-electron chi connectivity index (χ4n) is 2.35. The van der Waals surface area contributed by atoms with Gasteiger partial charge in [-0.25, -0.2) is 0 Å². The quantitative estimate of drug-likeness (QED) is 0.600. The topological polar surface area (TPSA) is 41.3 Å². The van der Waals surface area contributed by atoms with E-state index < -0.39 is 0 Å². The van der Waals surface area contributed by atoms with Gasteiger partial charge in [0, 0.05) is 38.3 Å². The first kappa shape index (κ1) is 8.48. The van der Waals surface area contributed by atoms with Crippen molar-refractivity contribution in [1.82, 2.24) is 10.2 Å². The number of piperazine rings is 1. The summed E-state index contributed by atoms with van der Waals surface area (Å²) in [5, 5.41) is 3.64. The molecule has 12 heavy (non-hydrogen) atoms. The third kappa shape index (κ3) is 1.49. The molecule has 0 unspecified atom stereocenters. The van der Waals surface area contributed by atoms with Crippen LogP contribution in [-0.2, 0) is 0 Å². The van der Waals surface area contributed by atoms with Crippen molar-refractivity contribution in [3.63, 3.8) is 0 Å². The highest BCUT2D eigenvalue weighted by atomic mass is 15.2. The summed E-state index contributed by atoms with van der Waals surface area (Å²) < 4.78 is 0. The Hall–Kier alpha value is -0.120. The maximum Gasteiger partial charge on any atom is 0.0309 e. The van der Waals surface area contributed by atoms with Gasteiger partial charge in [-0.2, -0.15) is 0 Å². The van der Waals surface area contributed by atoms with E-state index in [1.54, 1.807) is 0 Å². The minimum atomic E-state index is 0.493. The van der Waals surface area contributed by atoms with Crippen LogP contribution in [0.15, 0.2) is 0 Å². The van der Waals surface area contributed by atoms with Crippen molar-refractivity contribution in [1.29, 1.82) is 0 Å². The van der Waals surface area contributed by atoms with Gasteiger partial charge >= 0.3 is 0 Å². The Kier molecular flexibility index (Phi) is 2.35. The SMILES string of the molecule is NCCN1CCNC2(CCC2)C1. The maximum atomic E-state index is 5.55. The molecule has 0 amide bonds. The van der Waals surface area contributed by atoms with E-state index in [0.29, 0.717) is 5.54 Å². The van der Waals surface area contributed by atoms with Crippen molar-refractivity contribution < 1.29 is 0 Å². The van der Waals surface area contributed by atoms with E-state index in [0.717, 1.165) is 19.6 Å². The minimum absolute atomic E-state index is 0.493. The number of hydrogen-bond donors (Lipinski definition) is 2. The summed E-state index contributed by atoms with van der Waals surface area (Å²) in [6, 6.07) is 0. The van der Waals surface area contributed by atoms with Crippen LogP contribution in [0.25, 0.3) is 0 Å². The number of nitrogens with two attached hydrogens (primary N) is 1. The van der Waals surface area contributed by atoms with E-state index in [1.165, 1.54) is 32.4 Å². The molecule has 1 saturated carbocycles. The molecular formula is C9H19N3. The molecule has 2 rings (SSSR count). The molecule has 1 heterocycles. The molecule has 1 aliphatic heterocycles. The van der Waals surface area contributed by atoms with Crippen molar-refractivity contribution in [2.45, 2.75) is 24.8 Å². The molecule has 3 N–H and O–H groups in total. The van der Waals surface area contributed by atoms with Gasteiger partial charge in [-0.15, -0.1) is 0 Å². The van der Waals surface area contributed by atoms with Gasteiger partial charge in [0.25, 0.3) is 0 Å². The minimum Gasteiger partial charge on any atom is -0.329 e. The monoisotopic (exact) mass is 169 g/mol. The molecule has 0 aromatic rings. The van der Waals surface area contributed by atoms with Crippen LogP contribution in [0.5, 0.6) is 0 Å². The molecule has 0 bridgehead atoms. The first-order valence-corrected chi connectivity index (χ1v) is 5.02. The summed E-state index contributed by atoms with van der Waals surface area (Å²) in [5.41, 5.74) is 6.04. The lowest BCUT2D eigenvalue weighted by molar-refractivity contribution is 0.0731. The molecule has 0 radical (unpaired) electrons. The smallest absolute Gasteiger partial charge is 0.0309 e. The lowest BCUT2D eigenvalue weighted by Crippen LogP contribution is -2.64. The highest BCUT2D eigenvalue weighted by Gasteiger charge is 2.39. The summed E-state index contributed by atoms with van der Waals surface area (Å²) in [6.07, 6.45) is 4.14. The predicted octanol–water partition coefficient (Wildman–Crippen LogP) is -0.227. The van der Waals surface area contributed by atoms with Crippen LogP contribution in [0.1, 0.15) is 19.3 Å². The Morgan fingerprint density at radius 3 is 2.83 bits per heavy atom. The molecular weight excluding hydrogens is 150 g/mol. The summed E-state index contributed by atoms with van der Waals surface area (Å²) >= 11 is 0. The van der Waals surface area contributed by atoms with E-state index in [9.17, 15) is 0 Å². The van der Waals surface area contributed by atoms with E-state index in [4.69, 9.17) is 5.73 Å². The fraction of sp³-hybridized carbons (Fsp3) is 1.00. The molecule has 0 aromatic heterocycles. The third-order valence-corrected chi connectivity index (χ3v) is 3.21. The van der Waals surface area contributed by atoms with E-state index in [2.05, 4.69) is 10.2 Å². The third-order valence-electron chi connectivity index (χ3n) is 3.21. The first-order chi connectivity index (χ1) is 5.85. The molecule has 1 saturated heterocycles. The van der Waals surface area contributed by atoms with Crippen LogP contribution >= 0.6 is 0 Å². The predicted molar refractivity (Wildman–Crippen MR) is 50.1 cm³/mol. The Morgan fingerprint density at radius 1 is 1.42 bits per heavy atom. The van der Waals surface area contributed by atoms with Crippen LogP contribution in [0.3, 0.4) is 0 Å². The molecule has 0 atom stereocenters. The van der Waals surface area contributed by atoms with Crippen molar-refractivity contribution in [3.8, 4) is 0 Å². The van der Waals surface area contributed by atoms with Crippen LogP contribution in [-0.4, -0.2) is 43.2 Å². The molecule has 0 aromatic carbocycles. The summed E-state index contributed by atoms with van der Waals surface area (Å²) in [4.78, 5) is 2.50. The average Bonchev–Trinajstić information content (AvgIpc) is 2.03. The van der Waals surface area contributed by atoms with Gasteiger partial charge in [0.2, 0.25) is 0 Å². The van der Waals surface area contributed by atoms with Gasteiger partial charge in [-0.1, -0.05) is 0 Å². The van der Waals surface area contributed by atoms with Crippen molar-refractivity contribution in [2.75, 3.05) is 32.7 Å². The second-order valence-corrected chi connectivity index (χ2v) is 4.13. The molecule has 2 aliphatic rings. The average molecular weight is 169 g/mol. The number of hydrogen-bond acceptors (Lipinski definition) is 3. The summed E-state index contributed by atoms with van der Waals surface area (Å²) in [7, 11) is 0. The molecule has 1 aliphatic carbocycles. The number of rotatable bonds is 2. The Labute approximate surface area is 74.3 Å². The highest BCUT2D eigenvalue weighted by Crippen LogP contribution is 2.33. The molecule has 70 valence electrons. The molecule has 2 fully saturated rings. The summed E-state index contributed by atoms with van der Waals surface area (Å²) in [5.74, 6) is 0. The number of nitrogens with one attached hydrogen (secondary N) is 1. The van der Waals surface area contributed by atoms with Crippen molar-refractivity contribution in [2.24, 2.45) is 5.73 Å². The lowest BCUT2D eigenvalue weighted by Gasteiger charge is -2.49. The standard InChI is InChI=1S/C9H19N3/c10-4-6-12-7-5-11-9(8-12)2-1-3-9/h11H,1-8,10H2. The van der Waals surface area contributed by atoms with E-state index in [-0.39, 0.29) is 0 Å². The van der Waals surface area contributed by atoms with Gasteiger partial charge in [0.1, 0.15) is 0 Å². The zero-order valence-corrected chi connectivity index (χ0v) is 7.68. The Bertz CT molecular complexity index is 152. The van der Waals surface area contributed by atoms with E-state index >= 15 is 0 Å². The van der Waals surface area contributed by atoms with Gasteiger partial charge < -0.3 is 11.1 Å². The van der Waals surface area contributed by atoms with Crippen LogP contribution in [0.4, 0.5) is 0 Å².